The smallest absolute Gasteiger partial charge is 0.244 e. The first-order valence-corrected chi connectivity index (χ1v) is 6.83. The largest absolute Gasteiger partial charge is 0.382 e. The second kappa shape index (κ2) is 5.94. The standard InChI is InChI=1S/C13H21N5O2/c1-10(2)13(20)17-7-5-16(6-8-17)12(19)9-18-4-3-11(14)15-18/h3-4,10H,5-9H2,1-2H3,(H2,14,15). The molecule has 0 unspecified atom stereocenters. The van der Waals surface area contributed by atoms with Crippen LogP contribution >= 0.6 is 0 Å². The number of nitrogens with zero attached hydrogens (tertiary/aromatic N) is 4. The number of piperazine rings is 1. The lowest BCUT2D eigenvalue weighted by atomic mass is 10.1. The average molecular weight is 279 g/mol. The van der Waals surface area contributed by atoms with E-state index in [-0.39, 0.29) is 24.3 Å². The van der Waals surface area contributed by atoms with Crippen molar-refractivity contribution in [1.82, 2.24) is 19.6 Å². The molecular formula is C13H21N5O2. The van der Waals surface area contributed by atoms with Crippen LogP contribution in [0, 0.1) is 5.92 Å². The summed E-state index contributed by atoms with van der Waals surface area (Å²) in [6, 6.07) is 1.66. The van der Waals surface area contributed by atoms with E-state index in [1.165, 1.54) is 4.68 Å². The van der Waals surface area contributed by atoms with Crippen molar-refractivity contribution in [2.24, 2.45) is 5.92 Å². The zero-order chi connectivity index (χ0) is 14.7. The Bertz CT molecular complexity index is 489. The first-order valence-electron chi connectivity index (χ1n) is 6.83. The minimum absolute atomic E-state index is 0.00398. The van der Waals surface area contributed by atoms with Crippen LogP contribution < -0.4 is 5.73 Å². The molecule has 2 heterocycles. The van der Waals surface area contributed by atoms with Gasteiger partial charge < -0.3 is 15.5 Å². The summed E-state index contributed by atoms with van der Waals surface area (Å²) in [6.07, 6.45) is 1.69. The molecule has 20 heavy (non-hydrogen) atoms. The van der Waals surface area contributed by atoms with E-state index in [2.05, 4.69) is 5.10 Å². The van der Waals surface area contributed by atoms with Crippen LogP contribution in [0.25, 0.3) is 0 Å². The van der Waals surface area contributed by atoms with Crippen molar-refractivity contribution in [2.45, 2.75) is 20.4 Å². The molecule has 1 saturated heterocycles. The Hall–Kier alpha value is -2.05. The molecule has 2 rings (SSSR count). The lowest BCUT2D eigenvalue weighted by molar-refractivity contribution is -0.141. The molecule has 0 aliphatic carbocycles. The third-order valence-corrected chi connectivity index (χ3v) is 3.40. The zero-order valence-corrected chi connectivity index (χ0v) is 12.0. The predicted octanol–water partition coefficient (Wildman–Crippen LogP) is -0.208. The molecule has 0 saturated carbocycles. The van der Waals surface area contributed by atoms with Crippen molar-refractivity contribution in [1.29, 1.82) is 0 Å². The third kappa shape index (κ3) is 3.28. The minimum Gasteiger partial charge on any atom is -0.382 e. The number of carbonyl (C=O) groups excluding carboxylic acids is 2. The van der Waals surface area contributed by atoms with Crippen LogP contribution in [-0.2, 0) is 16.1 Å². The highest BCUT2D eigenvalue weighted by molar-refractivity contribution is 5.79. The molecule has 1 aromatic heterocycles. The normalized spacial score (nSPS) is 15.8. The maximum Gasteiger partial charge on any atom is 0.244 e. The van der Waals surface area contributed by atoms with Crippen molar-refractivity contribution in [3.8, 4) is 0 Å². The monoisotopic (exact) mass is 279 g/mol. The third-order valence-electron chi connectivity index (χ3n) is 3.40. The van der Waals surface area contributed by atoms with Gasteiger partial charge in [0.1, 0.15) is 12.4 Å². The Kier molecular flexibility index (Phi) is 4.26. The van der Waals surface area contributed by atoms with Gasteiger partial charge in [0, 0.05) is 38.3 Å². The summed E-state index contributed by atoms with van der Waals surface area (Å²) in [5.41, 5.74) is 5.51. The SMILES string of the molecule is CC(C)C(=O)N1CCN(C(=O)Cn2ccc(N)n2)CC1. The topological polar surface area (TPSA) is 84.5 Å². The zero-order valence-electron chi connectivity index (χ0n) is 12.0. The summed E-state index contributed by atoms with van der Waals surface area (Å²) in [5, 5.41) is 3.99. The summed E-state index contributed by atoms with van der Waals surface area (Å²) < 4.78 is 1.53. The molecule has 2 amide bonds. The van der Waals surface area contributed by atoms with Gasteiger partial charge in [0.05, 0.1) is 0 Å². The van der Waals surface area contributed by atoms with E-state index in [4.69, 9.17) is 5.73 Å². The number of anilines is 1. The molecular weight excluding hydrogens is 258 g/mol. The summed E-state index contributed by atoms with van der Waals surface area (Å²) in [5.74, 6) is 0.566. The molecule has 0 spiro atoms. The minimum atomic E-state index is 0.00398. The molecule has 7 heteroatoms. The Labute approximate surface area is 118 Å². The van der Waals surface area contributed by atoms with Gasteiger partial charge in [-0.15, -0.1) is 0 Å². The van der Waals surface area contributed by atoms with Crippen molar-refractivity contribution >= 4 is 17.6 Å². The molecule has 7 nitrogen and oxygen atoms in total. The predicted molar refractivity (Wildman–Crippen MR) is 74.6 cm³/mol. The molecule has 0 aromatic carbocycles. The molecule has 1 aliphatic rings. The molecule has 0 radical (unpaired) electrons. The van der Waals surface area contributed by atoms with Crippen molar-refractivity contribution in [3.63, 3.8) is 0 Å². The average Bonchev–Trinajstić information content (AvgIpc) is 2.83. The van der Waals surface area contributed by atoms with E-state index in [1.807, 2.05) is 18.7 Å². The van der Waals surface area contributed by atoms with Crippen molar-refractivity contribution in [3.05, 3.63) is 12.3 Å². The van der Waals surface area contributed by atoms with Crippen LogP contribution in [-0.4, -0.2) is 57.6 Å². The number of hydrogen-bond acceptors (Lipinski definition) is 4. The number of amides is 2. The summed E-state index contributed by atoms with van der Waals surface area (Å²) in [4.78, 5) is 27.6. The molecule has 2 N–H and O–H groups in total. The van der Waals surface area contributed by atoms with Crippen LogP contribution in [0.2, 0.25) is 0 Å². The number of carbonyl (C=O) groups is 2. The molecule has 110 valence electrons. The Morgan fingerprint density at radius 2 is 1.85 bits per heavy atom. The van der Waals surface area contributed by atoms with Gasteiger partial charge in [0.15, 0.2) is 0 Å². The highest BCUT2D eigenvalue weighted by Gasteiger charge is 2.25. The van der Waals surface area contributed by atoms with Gasteiger partial charge in [0.2, 0.25) is 11.8 Å². The lowest BCUT2D eigenvalue weighted by Crippen LogP contribution is -2.52. The summed E-state index contributed by atoms with van der Waals surface area (Å²) in [7, 11) is 0. The fraction of sp³-hybridized carbons (Fsp3) is 0.615. The van der Waals surface area contributed by atoms with Gasteiger partial charge in [-0.25, -0.2) is 0 Å². The highest BCUT2D eigenvalue weighted by Crippen LogP contribution is 2.08. The molecule has 0 atom stereocenters. The van der Waals surface area contributed by atoms with Gasteiger partial charge in [-0.3, -0.25) is 14.3 Å². The van der Waals surface area contributed by atoms with E-state index in [0.717, 1.165) is 0 Å². The van der Waals surface area contributed by atoms with Crippen LogP contribution in [0.1, 0.15) is 13.8 Å². The number of rotatable bonds is 3. The molecule has 1 aliphatic heterocycles. The second-order valence-electron chi connectivity index (χ2n) is 5.30. The first-order chi connectivity index (χ1) is 9.47. The number of nitrogen functional groups attached to an aromatic ring is 1. The maximum absolute atomic E-state index is 12.1. The fourth-order valence-corrected chi connectivity index (χ4v) is 2.25. The van der Waals surface area contributed by atoms with E-state index in [0.29, 0.717) is 32.0 Å². The molecule has 0 bridgehead atoms. The highest BCUT2D eigenvalue weighted by atomic mass is 16.2. The maximum atomic E-state index is 12.1. The van der Waals surface area contributed by atoms with Crippen LogP contribution in [0.4, 0.5) is 5.82 Å². The summed E-state index contributed by atoms with van der Waals surface area (Å²) in [6.45, 7) is 6.33. The van der Waals surface area contributed by atoms with Gasteiger partial charge in [-0.1, -0.05) is 13.8 Å². The quantitative estimate of drug-likeness (QED) is 0.830. The summed E-state index contributed by atoms with van der Waals surface area (Å²) >= 11 is 0. The Morgan fingerprint density at radius 1 is 1.25 bits per heavy atom. The number of nitrogens with two attached hydrogens (primary N) is 1. The molecule has 1 aromatic rings. The van der Waals surface area contributed by atoms with Crippen LogP contribution in [0.3, 0.4) is 0 Å². The van der Waals surface area contributed by atoms with Crippen LogP contribution in [0.15, 0.2) is 12.3 Å². The van der Waals surface area contributed by atoms with Crippen molar-refractivity contribution < 1.29 is 9.59 Å². The van der Waals surface area contributed by atoms with E-state index >= 15 is 0 Å². The Balaban J connectivity index is 1.84. The van der Waals surface area contributed by atoms with Gasteiger partial charge in [0.25, 0.3) is 0 Å². The van der Waals surface area contributed by atoms with Gasteiger partial charge >= 0.3 is 0 Å². The van der Waals surface area contributed by atoms with Crippen molar-refractivity contribution in [2.75, 3.05) is 31.9 Å². The second-order valence-corrected chi connectivity index (χ2v) is 5.30. The Morgan fingerprint density at radius 3 is 2.35 bits per heavy atom. The molecule has 1 fully saturated rings. The van der Waals surface area contributed by atoms with E-state index in [9.17, 15) is 9.59 Å². The van der Waals surface area contributed by atoms with E-state index in [1.54, 1.807) is 17.2 Å². The van der Waals surface area contributed by atoms with E-state index < -0.39 is 0 Å². The number of aromatic nitrogens is 2. The van der Waals surface area contributed by atoms with Gasteiger partial charge in [-0.05, 0) is 6.07 Å². The van der Waals surface area contributed by atoms with Gasteiger partial charge in [-0.2, -0.15) is 5.10 Å². The number of hydrogen-bond donors (Lipinski definition) is 1. The fourth-order valence-electron chi connectivity index (χ4n) is 2.25. The van der Waals surface area contributed by atoms with Crippen LogP contribution in [0.5, 0.6) is 0 Å². The lowest BCUT2D eigenvalue weighted by Gasteiger charge is -2.35. The first kappa shape index (κ1) is 14.4.